The normalized spacial score (nSPS) is 18.7. The number of hydrogen-bond donors (Lipinski definition) is 1. The van der Waals surface area contributed by atoms with Crippen molar-refractivity contribution in [2.24, 2.45) is 0 Å². The maximum Gasteiger partial charge on any atom is 0.394 e. The van der Waals surface area contributed by atoms with E-state index in [-0.39, 0.29) is 6.04 Å². The zero-order chi connectivity index (χ0) is 12.6. The SMILES string of the molecule is CC1CSc2cc(Cl)ccc2N1C(=O)C(=O)O. The monoisotopic (exact) mass is 271 g/mol. The van der Waals surface area contributed by atoms with Crippen LogP contribution in [0, 0.1) is 0 Å². The Morgan fingerprint density at radius 3 is 2.88 bits per heavy atom. The lowest BCUT2D eigenvalue weighted by atomic mass is 10.2. The molecule has 1 aromatic carbocycles. The van der Waals surface area contributed by atoms with Crippen LogP contribution in [0.25, 0.3) is 0 Å². The van der Waals surface area contributed by atoms with E-state index in [1.807, 2.05) is 6.92 Å². The van der Waals surface area contributed by atoms with Gasteiger partial charge in [0.2, 0.25) is 0 Å². The number of amides is 1. The standard InChI is InChI=1S/C11H10ClNO3S/c1-6-5-17-9-4-7(12)2-3-8(9)13(6)10(14)11(15)16/h2-4,6H,5H2,1H3,(H,15,16). The highest BCUT2D eigenvalue weighted by molar-refractivity contribution is 7.99. The third-order valence-electron chi connectivity index (χ3n) is 2.50. The molecular formula is C11H10ClNO3S. The summed E-state index contributed by atoms with van der Waals surface area (Å²) in [5, 5.41) is 9.39. The largest absolute Gasteiger partial charge is 0.474 e. The van der Waals surface area contributed by atoms with Gasteiger partial charge in [0, 0.05) is 21.7 Å². The minimum atomic E-state index is -1.44. The quantitative estimate of drug-likeness (QED) is 0.736. The average Bonchev–Trinajstić information content (AvgIpc) is 2.28. The summed E-state index contributed by atoms with van der Waals surface area (Å²) in [6.07, 6.45) is 0. The number of aliphatic carboxylic acids is 1. The first-order valence-corrected chi connectivity index (χ1v) is 6.36. The Morgan fingerprint density at radius 1 is 1.53 bits per heavy atom. The molecule has 1 aliphatic rings. The van der Waals surface area contributed by atoms with Gasteiger partial charge in [-0.25, -0.2) is 4.79 Å². The number of carboxylic acid groups (broad SMARTS) is 1. The molecule has 0 saturated carbocycles. The highest BCUT2D eigenvalue weighted by Crippen LogP contribution is 2.38. The smallest absolute Gasteiger partial charge is 0.394 e. The van der Waals surface area contributed by atoms with Crippen molar-refractivity contribution in [3.8, 4) is 0 Å². The third-order valence-corrected chi connectivity index (χ3v) is 4.03. The number of thioether (sulfide) groups is 1. The Labute approximate surface area is 108 Å². The van der Waals surface area contributed by atoms with Gasteiger partial charge in [0.1, 0.15) is 0 Å². The molecule has 1 unspecified atom stereocenters. The van der Waals surface area contributed by atoms with E-state index in [0.717, 1.165) is 4.90 Å². The van der Waals surface area contributed by atoms with E-state index in [1.54, 1.807) is 30.0 Å². The number of carboxylic acids is 1. The maximum absolute atomic E-state index is 11.6. The van der Waals surface area contributed by atoms with Crippen LogP contribution in [0.5, 0.6) is 0 Å². The second-order valence-corrected chi connectivity index (χ2v) is 5.25. The highest BCUT2D eigenvalue weighted by atomic mass is 35.5. The van der Waals surface area contributed by atoms with E-state index in [4.69, 9.17) is 16.7 Å². The molecular weight excluding hydrogens is 262 g/mol. The molecule has 0 aromatic heterocycles. The molecule has 4 nitrogen and oxygen atoms in total. The summed E-state index contributed by atoms with van der Waals surface area (Å²) >= 11 is 7.44. The molecule has 0 saturated heterocycles. The topological polar surface area (TPSA) is 57.6 Å². The molecule has 0 fully saturated rings. The van der Waals surface area contributed by atoms with Crippen molar-refractivity contribution in [2.45, 2.75) is 17.9 Å². The van der Waals surface area contributed by atoms with Crippen LogP contribution in [0.3, 0.4) is 0 Å². The summed E-state index contributed by atoms with van der Waals surface area (Å²) < 4.78 is 0. The van der Waals surface area contributed by atoms with Crippen molar-refractivity contribution in [3.63, 3.8) is 0 Å². The van der Waals surface area contributed by atoms with Crippen LogP contribution in [0.15, 0.2) is 23.1 Å². The molecule has 0 bridgehead atoms. The molecule has 1 aliphatic heterocycles. The molecule has 90 valence electrons. The van der Waals surface area contributed by atoms with Gasteiger partial charge in [-0.2, -0.15) is 0 Å². The van der Waals surface area contributed by atoms with Crippen molar-refractivity contribution < 1.29 is 14.7 Å². The van der Waals surface area contributed by atoms with Gasteiger partial charge in [-0.15, -0.1) is 11.8 Å². The molecule has 6 heteroatoms. The third kappa shape index (κ3) is 2.25. The van der Waals surface area contributed by atoms with E-state index in [0.29, 0.717) is 16.5 Å². The van der Waals surface area contributed by atoms with Gasteiger partial charge in [-0.3, -0.25) is 9.69 Å². The first-order chi connectivity index (χ1) is 8.00. The minimum Gasteiger partial charge on any atom is -0.474 e. The number of nitrogens with zero attached hydrogens (tertiary/aromatic N) is 1. The van der Waals surface area contributed by atoms with E-state index < -0.39 is 11.9 Å². The lowest BCUT2D eigenvalue weighted by molar-refractivity contribution is -0.149. The molecule has 2 rings (SSSR count). The van der Waals surface area contributed by atoms with Crippen LogP contribution in [0.1, 0.15) is 6.92 Å². The molecule has 1 heterocycles. The molecule has 1 amide bonds. The van der Waals surface area contributed by atoms with Crippen molar-refractivity contribution in [1.82, 2.24) is 0 Å². The number of carbonyl (C=O) groups excluding carboxylic acids is 1. The van der Waals surface area contributed by atoms with Crippen LogP contribution in [-0.4, -0.2) is 28.8 Å². The summed E-state index contributed by atoms with van der Waals surface area (Å²) in [7, 11) is 0. The van der Waals surface area contributed by atoms with E-state index >= 15 is 0 Å². The Bertz CT molecular complexity index is 492. The van der Waals surface area contributed by atoms with Gasteiger partial charge in [-0.1, -0.05) is 11.6 Å². The fourth-order valence-electron chi connectivity index (χ4n) is 1.74. The summed E-state index contributed by atoms with van der Waals surface area (Å²) in [6, 6.07) is 4.94. The van der Waals surface area contributed by atoms with Crippen molar-refractivity contribution in [2.75, 3.05) is 10.7 Å². The van der Waals surface area contributed by atoms with Crippen LogP contribution < -0.4 is 4.90 Å². The van der Waals surface area contributed by atoms with Gasteiger partial charge >= 0.3 is 11.9 Å². The molecule has 0 aliphatic carbocycles. The molecule has 0 radical (unpaired) electrons. The van der Waals surface area contributed by atoms with Gasteiger partial charge < -0.3 is 5.11 Å². The Hall–Kier alpha value is -1.20. The van der Waals surface area contributed by atoms with Gasteiger partial charge in [-0.05, 0) is 25.1 Å². The second kappa shape index (κ2) is 4.58. The lowest BCUT2D eigenvalue weighted by Crippen LogP contribution is -2.45. The maximum atomic E-state index is 11.6. The van der Waals surface area contributed by atoms with Gasteiger partial charge in [0.25, 0.3) is 0 Å². The highest BCUT2D eigenvalue weighted by Gasteiger charge is 2.32. The number of halogens is 1. The summed E-state index contributed by atoms with van der Waals surface area (Å²) in [5.41, 5.74) is 0.616. The van der Waals surface area contributed by atoms with Crippen LogP contribution in [0.4, 0.5) is 5.69 Å². The van der Waals surface area contributed by atoms with Crippen molar-refractivity contribution in [3.05, 3.63) is 23.2 Å². The van der Waals surface area contributed by atoms with E-state index in [9.17, 15) is 9.59 Å². The van der Waals surface area contributed by atoms with Crippen molar-refractivity contribution >= 4 is 40.9 Å². The first kappa shape index (κ1) is 12.3. The molecule has 1 aromatic rings. The van der Waals surface area contributed by atoms with Gasteiger partial charge in [0.05, 0.1) is 5.69 Å². The number of benzene rings is 1. The second-order valence-electron chi connectivity index (χ2n) is 3.75. The Kier molecular flexibility index (Phi) is 3.31. The molecule has 0 spiro atoms. The van der Waals surface area contributed by atoms with Crippen LogP contribution in [-0.2, 0) is 9.59 Å². The van der Waals surface area contributed by atoms with Crippen LogP contribution >= 0.6 is 23.4 Å². The predicted octanol–water partition coefficient (Wildman–Crippen LogP) is 2.25. The lowest BCUT2D eigenvalue weighted by Gasteiger charge is -2.33. The number of anilines is 1. The van der Waals surface area contributed by atoms with E-state index in [2.05, 4.69) is 0 Å². The molecule has 1 N–H and O–H groups in total. The number of hydrogen-bond acceptors (Lipinski definition) is 3. The zero-order valence-corrected chi connectivity index (χ0v) is 10.6. The van der Waals surface area contributed by atoms with Gasteiger partial charge in [0.15, 0.2) is 0 Å². The van der Waals surface area contributed by atoms with E-state index in [1.165, 1.54) is 4.90 Å². The Balaban J connectivity index is 2.47. The first-order valence-electron chi connectivity index (χ1n) is 4.99. The number of rotatable bonds is 0. The Morgan fingerprint density at radius 2 is 2.24 bits per heavy atom. The minimum absolute atomic E-state index is 0.141. The van der Waals surface area contributed by atoms with Crippen molar-refractivity contribution in [1.29, 1.82) is 0 Å². The fraction of sp³-hybridized carbons (Fsp3) is 0.273. The number of carbonyl (C=O) groups is 2. The number of fused-ring (bicyclic) bond motifs is 1. The molecule has 17 heavy (non-hydrogen) atoms. The predicted molar refractivity (Wildman–Crippen MR) is 66.8 cm³/mol. The zero-order valence-electron chi connectivity index (χ0n) is 9.01. The summed E-state index contributed by atoms with van der Waals surface area (Å²) in [6.45, 7) is 1.82. The summed E-state index contributed by atoms with van der Waals surface area (Å²) in [4.78, 5) is 24.6. The molecule has 1 atom stereocenters. The fourth-order valence-corrected chi connectivity index (χ4v) is 3.07. The average molecular weight is 272 g/mol. The van der Waals surface area contributed by atoms with Crippen LogP contribution in [0.2, 0.25) is 5.02 Å². The summed E-state index contributed by atoms with van der Waals surface area (Å²) in [5.74, 6) is -1.68.